The summed E-state index contributed by atoms with van der Waals surface area (Å²) in [5, 5.41) is 2.79. The molecule has 0 radical (unpaired) electrons. The van der Waals surface area contributed by atoms with Gasteiger partial charge in [-0.15, -0.1) is 0 Å². The molecule has 1 amide bonds. The summed E-state index contributed by atoms with van der Waals surface area (Å²) in [6.07, 6.45) is 6.21. The van der Waals surface area contributed by atoms with Crippen molar-refractivity contribution in [2.24, 2.45) is 0 Å². The maximum atomic E-state index is 13.4. The van der Waals surface area contributed by atoms with E-state index in [2.05, 4.69) is 22.1 Å². The number of hydrogen-bond donors (Lipinski definition) is 1. The first-order chi connectivity index (χ1) is 9.18. The van der Waals surface area contributed by atoms with Crippen molar-refractivity contribution in [3.8, 4) is 0 Å². The van der Waals surface area contributed by atoms with E-state index in [4.69, 9.17) is 0 Å². The Bertz CT molecular complexity index is 432. The van der Waals surface area contributed by atoms with E-state index in [-0.39, 0.29) is 17.5 Å². The molecular formula is C14H20FN3O. The number of carbonyl (C=O) groups excluding carboxylic acids is 1. The summed E-state index contributed by atoms with van der Waals surface area (Å²) in [5.74, 6) is -0.950. The minimum Gasteiger partial charge on any atom is -0.350 e. The first-order valence-electron chi connectivity index (χ1n) is 6.80. The first-order valence-corrected chi connectivity index (χ1v) is 6.80. The van der Waals surface area contributed by atoms with Gasteiger partial charge in [0.25, 0.3) is 5.91 Å². The Kier molecular flexibility index (Phi) is 4.85. The van der Waals surface area contributed by atoms with E-state index >= 15 is 0 Å². The molecule has 0 aromatic carbocycles. The molecule has 1 aromatic rings. The number of halogens is 1. The van der Waals surface area contributed by atoms with Crippen LogP contribution in [-0.2, 0) is 0 Å². The van der Waals surface area contributed by atoms with Crippen molar-refractivity contribution in [1.29, 1.82) is 0 Å². The van der Waals surface area contributed by atoms with Crippen LogP contribution < -0.4 is 5.32 Å². The summed E-state index contributed by atoms with van der Waals surface area (Å²) >= 11 is 0. The normalized spacial score (nSPS) is 18.0. The zero-order valence-electron chi connectivity index (χ0n) is 11.2. The smallest absolute Gasteiger partial charge is 0.254 e. The number of hydrogen-bond acceptors (Lipinski definition) is 3. The standard InChI is InChI=1S/C14H20FN3O/c1-11(18-7-3-2-4-8-18)9-17-14(19)12-5-6-16-10-13(12)15/h5-6,10-11H,2-4,7-9H2,1H3,(H,17,19). The van der Waals surface area contributed by atoms with Crippen molar-refractivity contribution >= 4 is 5.91 Å². The average Bonchev–Trinajstić information content (AvgIpc) is 2.46. The van der Waals surface area contributed by atoms with Gasteiger partial charge in [-0.1, -0.05) is 6.42 Å². The third kappa shape index (κ3) is 3.73. The molecule has 2 heterocycles. The Hall–Kier alpha value is -1.49. The summed E-state index contributed by atoms with van der Waals surface area (Å²) in [6.45, 7) is 4.80. The van der Waals surface area contributed by atoms with Crippen molar-refractivity contribution in [3.05, 3.63) is 29.8 Å². The van der Waals surface area contributed by atoms with Gasteiger partial charge in [0, 0.05) is 18.8 Å². The van der Waals surface area contributed by atoms with Crippen LogP contribution in [-0.4, -0.2) is 41.5 Å². The molecule has 2 rings (SSSR count). The monoisotopic (exact) mass is 265 g/mol. The highest BCUT2D eigenvalue weighted by Gasteiger charge is 2.18. The van der Waals surface area contributed by atoms with Crippen LogP contribution in [0.5, 0.6) is 0 Å². The summed E-state index contributed by atoms with van der Waals surface area (Å²) in [5.41, 5.74) is 0.0563. The van der Waals surface area contributed by atoms with Gasteiger partial charge in [-0.25, -0.2) is 4.39 Å². The van der Waals surface area contributed by atoms with Crippen LogP contribution in [0, 0.1) is 5.82 Å². The van der Waals surface area contributed by atoms with Gasteiger partial charge in [0.1, 0.15) is 0 Å². The van der Waals surface area contributed by atoms with Gasteiger partial charge < -0.3 is 5.32 Å². The van der Waals surface area contributed by atoms with Crippen LogP contribution in [0.15, 0.2) is 18.5 Å². The van der Waals surface area contributed by atoms with Crippen LogP contribution in [0.2, 0.25) is 0 Å². The van der Waals surface area contributed by atoms with E-state index in [0.717, 1.165) is 19.3 Å². The van der Waals surface area contributed by atoms with E-state index in [0.29, 0.717) is 6.54 Å². The Labute approximate surface area is 113 Å². The SMILES string of the molecule is CC(CNC(=O)c1ccncc1F)N1CCCCC1. The molecule has 0 saturated carbocycles. The summed E-state index contributed by atoms with van der Waals surface area (Å²) < 4.78 is 13.4. The van der Waals surface area contributed by atoms with Gasteiger partial charge in [0.05, 0.1) is 11.8 Å². The molecule has 1 N–H and O–H groups in total. The highest BCUT2D eigenvalue weighted by molar-refractivity contribution is 5.94. The lowest BCUT2D eigenvalue weighted by Crippen LogP contribution is -2.44. The number of rotatable bonds is 4. The number of amides is 1. The second-order valence-corrected chi connectivity index (χ2v) is 5.01. The van der Waals surface area contributed by atoms with E-state index in [9.17, 15) is 9.18 Å². The molecule has 104 valence electrons. The number of nitrogens with zero attached hydrogens (tertiary/aromatic N) is 2. The summed E-state index contributed by atoms with van der Waals surface area (Å²) in [6, 6.07) is 1.69. The van der Waals surface area contributed by atoms with E-state index < -0.39 is 5.82 Å². The predicted molar refractivity (Wildman–Crippen MR) is 71.4 cm³/mol. The van der Waals surface area contributed by atoms with Gasteiger partial charge >= 0.3 is 0 Å². The quantitative estimate of drug-likeness (QED) is 0.903. The average molecular weight is 265 g/mol. The number of likely N-dealkylation sites (tertiary alicyclic amines) is 1. The Balaban J connectivity index is 1.84. The van der Waals surface area contributed by atoms with Crippen molar-refractivity contribution < 1.29 is 9.18 Å². The summed E-state index contributed by atoms with van der Waals surface area (Å²) in [7, 11) is 0. The van der Waals surface area contributed by atoms with E-state index in [1.54, 1.807) is 0 Å². The second-order valence-electron chi connectivity index (χ2n) is 5.01. The first kappa shape index (κ1) is 13.9. The summed E-state index contributed by atoms with van der Waals surface area (Å²) in [4.78, 5) is 17.9. The van der Waals surface area contributed by atoms with Gasteiger partial charge in [0.15, 0.2) is 5.82 Å². The van der Waals surface area contributed by atoms with Gasteiger partial charge in [-0.2, -0.15) is 0 Å². The molecule has 0 spiro atoms. The number of carbonyl (C=O) groups is 1. The molecule has 1 fully saturated rings. The molecule has 4 nitrogen and oxygen atoms in total. The highest BCUT2D eigenvalue weighted by Crippen LogP contribution is 2.11. The van der Waals surface area contributed by atoms with Gasteiger partial charge in [-0.05, 0) is 38.9 Å². The minimum absolute atomic E-state index is 0.0563. The zero-order chi connectivity index (χ0) is 13.7. The molecule has 1 unspecified atom stereocenters. The Morgan fingerprint density at radius 3 is 2.89 bits per heavy atom. The van der Waals surface area contributed by atoms with Gasteiger partial charge in [0.2, 0.25) is 0 Å². The third-order valence-corrected chi connectivity index (χ3v) is 3.59. The highest BCUT2D eigenvalue weighted by atomic mass is 19.1. The molecule has 1 aromatic heterocycles. The molecule has 19 heavy (non-hydrogen) atoms. The molecule has 1 aliphatic rings. The second kappa shape index (κ2) is 6.61. The van der Waals surface area contributed by atoms with Crippen LogP contribution in [0.1, 0.15) is 36.5 Å². The lowest BCUT2D eigenvalue weighted by atomic mass is 10.1. The number of nitrogens with one attached hydrogen (secondary N) is 1. The topological polar surface area (TPSA) is 45.2 Å². The van der Waals surface area contributed by atoms with Crippen LogP contribution in [0.4, 0.5) is 4.39 Å². The maximum absolute atomic E-state index is 13.4. The van der Waals surface area contributed by atoms with Crippen molar-refractivity contribution in [2.45, 2.75) is 32.2 Å². The molecule has 0 aliphatic carbocycles. The van der Waals surface area contributed by atoms with Crippen molar-refractivity contribution in [3.63, 3.8) is 0 Å². The van der Waals surface area contributed by atoms with Gasteiger partial charge in [-0.3, -0.25) is 14.7 Å². The number of pyridine rings is 1. The van der Waals surface area contributed by atoms with Crippen LogP contribution >= 0.6 is 0 Å². The van der Waals surface area contributed by atoms with E-state index in [1.165, 1.54) is 31.5 Å². The van der Waals surface area contributed by atoms with Crippen molar-refractivity contribution in [2.75, 3.05) is 19.6 Å². The molecule has 1 saturated heterocycles. The largest absolute Gasteiger partial charge is 0.350 e. The number of aromatic nitrogens is 1. The van der Waals surface area contributed by atoms with Crippen LogP contribution in [0.3, 0.4) is 0 Å². The molecule has 5 heteroatoms. The van der Waals surface area contributed by atoms with E-state index in [1.807, 2.05) is 0 Å². The number of piperidine rings is 1. The third-order valence-electron chi connectivity index (χ3n) is 3.59. The van der Waals surface area contributed by atoms with Crippen molar-refractivity contribution in [1.82, 2.24) is 15.2 Å². The molecule has 1 aliphatic heterocycles. The lowest BCUT2D eigenvalue weighted by molar-refractivity contribution is 0.0926. The molecular weight excluding hydrogens is 245 g/mol. The minimum atomic E-state index is -0.578. The predicted octanol–water partition coefficient (Wildman–Crippen LogP) is 1.82. The fourth-order valence-electron chi connectivity index (χ4n) is 2.38. The maximum Gasteiger partial charge on any atom is 0.254 e. The Morgan fingerprint density at radius 2 is 2.21 bits per heavy atom. The molecule has 0 bridgehead atoms. The zero-order valence-corrected chi connectivity index (χ0v) is 11.2. The van der Waals surface area contributed by atoms with Crippen LogP contribution in [0.25, 0.3) is 0 Å². The fraction of sp³-hybridized carbons (Fsp3) is 0.571. The Morgan fingerprint density at radius 1 is 1.47 bits per heavy atom. The lowest BCUT2D eigenvalue weighted by Gasteiger charge is -2.32. The molecule has 1 atom stereocenters. The fourth-order valence-corrected chi connectivity index (χ4v) is 2.38.